The van der Waals surface area contributed by atoms with E-state index in [1.165, 1.54) is 38.5 Å². The molecule has 0 aliphatic carbocycles. The molecule has 0 heterocycles. The summed E-state index contributed by atoms with van der Waals surface area (Å²) in [7, 11) is 0. The number of ether oxygens (including phenoxy) is 1. The summed E-state index contributed by atoms with van der Waals surface area (Å²) in [6.45, 7) is 1.10. The van der Waals surface area contributed by atoms with E-state index in [0.29, 0.717) is 12.2 Å². The summed E-state index contributed by atoms with van der Waals surface area (Å²) in [4.78, 5) is 0. The zero-order valence-electron chi connectivity index (χ0n) is 16.2. The minimum atomic E-state index is 0.332. The highest BCUT2D eigenvalue weighted by Gasteiger charge is 2.00. The second-order valence-corrected chi connectivity index (χ2v) is 6.97. The third-order valence-corrected chi connectivity index (χ3v) is 4.77. The van der Waals surface area contributed by atoms with Crippen LogP contribution in [0, 0.1) is 11.3 Å². The number of aliphatic hydroxyl groups excluding tert-OH is 1. The molecule has 0 radical (unpaired) electrons. The molecule has 2 aromatic carbocycles. The summed E-state index contributed by atoms with van der Waals surface area (Å²) in [6, 6.07) is 17.9. The van der Waals surface area contributed by atoms with Gasteiger partial charge in [-0.05, 0) is 48.2 Å². The van der Waals surface area contributed by atoms with Crippen LogP contribution in [0.25, 0.3) is 11.1 Å². The molecule has 3 nitrogen and oxygen atoms in total. The van der Waals surface area contributed by atoms with Crippen molar-refractivity contribution in [2.75, 3.05) is 13.2 Å². The van der Waals surface area contributed by atoms with Gasteiger partial charge in [-0.3, -0.25) is 0 Å². The van der Waals surface area contributed by atoms with E-state index in [2.05, 4.69) is 18.2 Å². The Labute approximate surface area is 163 Å². The number of unbranched alkanes of at least 4 members (excludes halogenated alkanes) is 8. The Morgan fingerprint density at radius 2 is 1.15 bits per heavy atom. The Morgan fingerprint density at radius 1 is 0.667 bits per heavy atom. The van der Waals surface area contributed by atoms with Gasteiger partial charge >= 0.3 is 0 Å². The molecule has 2 rings (SSSR count). The highest BCUT2D eigenvalue weighted by Crippen LogP contribution is 2.23. The molecular weight excluding hydrogens is 334 g/mol. The Bertz CT molecular complexity index is 671. The standard InChI is InChI=1S/C24H31NO2/c25-20-21-10-12-22(13-11-21)23-14-16-24(17-15-23)27-19-9-7-5-3-1-2-4-6-8-18-26/h10-17,26H,1-9,18-19H2. The molecule has 0 saturated heterocycles. The molecular formula is C24H31NO2. The van der Waals surface area contributed by atoms with E-state index < -0.39 is 0 Å². The lowest BCUT2D eigenvalue weighted by Gasteiger charge is -2.08. The molecule has 0 fully saturated rings. The maximum absolute atomic E-state index is 8.86. The summed E-state index contributed by atoms with van der Waals surface area (Å²) >= 11 is 0. The van der Waals surface area contributed by atoms with Crippen molar-refractivity contribution in [2.24, 2.45) is 0 Å². The summed E-state index contributed by atoms with van der Waals surface area (Å²) < 4.78 is 5.84. The number of hydrogen-bond acceptors (Lipinski definition) is 3. The van der Waals surface area contributed by atoms with Gasteiger partial charge in [-0.1, -0.05) is 69.2 Å². The monoisotopic (exact) mass is 365 g/mol. The first-order chi connectivity index (χ1) is 13.3. The fourth-order valence-corrected chi connectivity index (χ4v) is 3.12. The van der Waals surface area contributed by atoms with E-state index in [0.717, 1.165) is 42.7 Å². The Kier molecular flexibility index (Phi) is 10.1. The van der Waals surface area contributed by atoms with E-state index >= 15 is 0 Å². The number of nitrogens with zero attached hydrogens (tertiary/aromatic N) is 1. The van der Waals surface area contributed by atoms with Gasteiger partial charge in [0.2, 0.25) is 0 Å². The molecule has 0 aliphatic rings. The minimum Gasteiger partial charge on any atom is -0.494 e. The smallest absolute Gasteiger partial charge is 0.119 e. The lowest BCUT2D eigenvalue weighted by atomic mass is 10.0. The third-order valence-electron chi connectivity index (χ3n) is 4.77. The third kappa shape index (κ3) is 8.28. The SMILES string of the molecule is N#Cc1ccc(-c2ccc(OCCCCCCCCCCCO)cc2)cc1. The van der Waals surface area contributed by atoms with Crippen LogP contribution in [0.5, 0.6) is 5.75 Å². The van der Waals surface area contributed by atoms with E-state index in [1.54, 1.807) is 0 Å². The summed E-state index contributed by atoms with van der Waals surface area (Å²) in [6.07, 6.45) is 10.9. The van der Waals surface area contributed by atoms with Crippen LogP contribution in [-0.2, 0) is 0 Å². The van der Waals surface area contributed by atoms with Crippen LogP contribution in [0.4, 0.5) is 0 Å². The van der Waals surface area contributed by atoms with E-state index in [9.17, 15) is 0 Å². The van der Waals surface area contributed by atoms with Gasteiger partial charge in [0, 0.05) is 6.61 Å². The van der Waals surface area contributed by atoms with Crippen LogP contribution in [-0.4, -0.2) is 18.3 Å². The fraction of sp³-hybridized carbons (Fsp3) is 0.458. The number of aliphatic hydroxyl groups is 1. The quantitative estimate of drug-likeness (QED) is 0.436. The summed E-state index contributed by atoms with van der Waals surface area (Å²) in [5, 5.41) is 17.6. The predicted molar refractivity (Wildman–Crippen MR) is 111 cm³/mol. The van der Waals surface area contributed by atoms with Crippen LogP contribution in [0.2, 0.25) is 0 Å². The molecule has 0 spiro atoms. The molecule has 1 N–H and O–H groups in total. The number of nitriles is 1. The zero-order chi connectivity index (χ0) is 19.2. The minimum absolute atomic E-state index is 0.332. The normalized spacial score (nSPS) is 10.5. The maximum Gasteiger partial charge on any atom is 0.119 e. The van der Waals surface area contributed by atoms with Crippen molar-refractivity contribution in [3.63, 3.8) is 0 Å². The number of benzene rings is 2. The van der Waals surface area contributed by atoms with Crippen molar-refractivity contribution in [1.82, 2.24) is 0 Å². The van der Waals surface area contributed by atoms with Gasteiger partial charge in [0.15, 0.2) is 0 Å². The average molecular weight is 366 g/mol. The summed E-state index contributed by atoms with van der Waals surface area (Å²) in [5.74, 6) is 0.913. The second-order valence-electron chi connectivity index (χ2n) is 6.97. The van der Waals surface area contributed by atoms with Crippen LogP contribution in [0.3, 0.4) is 0 Å². The topological polar surface area (TPSA) is 53.2 Å². The van der Waals surface area contributed by atoms with E-state index in [4.69, 9.17) is 15.1 Å². The second kappa shape index (κ2) is 12.9. The van der Waals surface area contributed by atoms with Gasteiger partial charge in [-0.25, -0.2) is 0 Å². The van der Waals surface area contributed by atoms with Gasteiger partial charge in [0.05, 0.1) is 18.2 Å². The Balaban J connectivity index is 1.57. The first kappa shape index (κ1) is 21.0. The zero-order valence-corrected chi connectivity index (χ0v) is 16.2. The molecule has 0 amide bonds. The molecule has 0 atom stereocenters. The predicted octanol–water partition coefficient (Wildman–Crippen LogP) is 6.11. The lowest BCUT2D eigenvalue weighted by Crippen LogP contribution is -1.97. The number of rotatable bonds is 13. The van der Waals surface area contributed by atoms with Gasteiger partial charge in [0.1, 0.15) is 5.75 Å². The van der Waals surface area contributed by atoms with Gasteiger partial charge in [-0.2, -0.15) is 5.26 Å². The van der Waals surface area contributed by atoms with Gasteiger partial charge < -0.3 is 9.84 Å². The molecule has 3 heteroatoms. The van der Waals surface area contributed by atoms with Crippen molar-refractivity contribution >= 4 is 0 Å². The molecule has 144 valence electrons. The molecule has 27 heavy (non-hydrogen) atoms. The van der Waals surface area contributed by atoms with Gasteiger partial charge in [0.25, 0.3) is 0 Å². The largest absolute Gasteiger partial charge is 0.494 e. The first-order valence-electron chi connectivity index (χ1n) is 10.2. The lowest BCUT2D eigenvalue weighted by molar-refractivity contribution is 0.282. The fourth-order valence-electron chi connectivity index (χ4n) is 3.12. The molecule has 0 aliphatic heterocycles. The molecule has 0 aromatic heterocycles. The van der Waals surface area contributed by atoms with Crippen molar-refractivity contribution in [3.8, 4) is 22.9 Å². The van der Waals surface area contributed by atoms with E-state index in [-0.39, 0.29) is 0 Å². The molecule has 0 saturated carbocycles. The van der Waals surface area contributed by atoms with Crippen LogP contribution < -0.4 is 4.74 Å². The van der Waals surface area contributed by atoms with Gasteiger partial charge in [-0.15, -0.1) is 0 Å². The van der Waals surface area contributed by atoms with Crippen molar-refractivity contribution < 1.29 is 9.84 Å². The van der Waals surface area contributed by atoms with Crippen molar-refractivity contribution in [3.05, 3.63) is 54.1 Å². The molecule has 0 bridgehead atoms. The number of hydrogen-bond donors (Lipinski definition) is 1. The molecule has 2 aromatic rings. The molecule has 0 unspecified atom stereocenters. The summed E-state index contributed by atoms with van der Waals surface area (Å²) in [5.41, 5.74) is 2.92. The van der Waals surface area contributed by atoms with Crippen LogP contribution in [0.1, 0.15) is 63.4 Å². The first-order valence-corrected chi connectivity index (χ1v) is 10.2. The van der Waals surface area contributed by atoms with Crippen LogP contribution in [0.15, 0.2) is 48.5 Å². The van der Waals surface area contributed by atoms with Crippen molar-refractivity contribution in [2.45, 2.75) is 57.8 Å². The Hall–Kier alpha value is -2.31. The van der Waals surface area contributed by atoms with Crippen LogP contribution >= 0.6 is 0 Å². The highest BCUT2D eigenvalue weighted by molar-refractivity contribution is 5.64. The van der Waals surface area contributed by atoms with Crippen molar-refractivity contribution in [1.29, 1.82) is 5.26 Å². The maximum atomic E-state index is 8.86. The average Bonchev–Trinajstić information content (AvgIpc) is 2.72. The van der Waals surface area contributed by atoms with E-state index in [1.807, 2.05) is 36.4 Å². The highest BCUT2D eigenvalue weighted by atomic mass is 16.5. The Morgan fingerprint density at radius 3 is 1.67 bits per heavy atom.